The van der Waals surface area contributed by atoms with Gasteiger partial charge in [-0.25, -0.2) is 0 Å². The first-order valence-electron chi connectivity index (χ1n) is 7.79. The van der Waals surface area contributed by atoms with Crippen molar-refractivity contribution in [2.75, 3.05) is 13.7 Å². The third-order valence-electron chi connectivity index (χ3n) is 3.46. The maximum absolute atomic E-state index is 10.8. The molecule has 0 spiro atoms. The Morgan fingerprint density at radius 1 is 1.24 bits per heavy atom. The number of hydrogen-bond acceptors (Lipinski definition) is 6. The van der Waals surface area contributed by atoms with E-state index >= 15 is 0 Å². The molecular weight excluding hydrogens is 324 g/mol. The van der Waals surface area contributed by atoms with Crippen LogP contribution in [0.15, 0.2) is 47.6 Å². The fourth-order valence-electron chi connectivity index (χ4n) is 2.17. The topological polar surface area (TPSA) is 83.2 Å². The lowest BCUT2D eigenvalue weighted by Gasteiger charge is -2.10. The lowest BCUT2D eigenvalue weighted by molar-refractivity contribution is -0.385. The summed E-state index contributed by atoms with van der Waals surface area (Å²) in [6, 6.07) is 11.7. The van der Waals surface area contributed by atoms with Gasteiger partial charge in [-0.15, -0.1) is 0 Å². The summed E-state index contributed by atoms with van der Waals surface area (Å²) < 4.78 is 10.7. The van der Waals surface area contributed by atoms with E-state index in [-0.39, 0.29) is 5.69 Å². The second kappa shape index (κ2) is 8.68. The monoisotopic (exact) mass is 344 g/mol. The number of methoxy groups -OCH3 is 1. The normalized spacial score (nSPS) is 12.0. The zero-order valence-electron chi connectivity index (χ0n) is 14.3. The Labute approximate surface area is 146 Å². The molecule has 7 nitrogen and oxygen atoms in total. The van der Waals surface area contributed by atoms with Gasteiger partial charge in [0.25, 0.3) is 5.69 Å². The highest BCUT2D eigenvalue weighted by Crippen LogP contribution is 2.27. The van der Waals surface area contributed by atoms with E-state index in [0.717, 1.165) is 5.56 Å². The predicted octanol–water partition coefficient (Wildman–Crippen LogP) is 4.11. The first-order chi connectivity index (χ1) is 12.0. The Hall–Kier alpha value is -3.09. The number of nitro benzene ring substituents is 1. The molecule has 0 N–H and O–H groups in total. The second-order valence-corrected chi connectivity index (χ2v) is 5.18. The number of non-ortho nitro benzene ring substituents is 1. The van der Waals surface area contributed by atoms with Gasteiger partial charge in [0.15, 0.2) is 11.5 Å². The van der Waals surface area contributed by atoms with E-state index in [1.807, 2.05) is 13.0 Å². The molecule has 132 valence electrons. The lowest BCUT2D eigenvalue weighted by atomic mass is 10.1. The summed E-state index contributed by atoms with van der Waals surface area (Å²) in [4.78, 5) is 15.8. The van der Waals surface area contributed by atoms with Crippen LogP contribution < -0.4 is 9.47 Å². The SMILES string of the molecule is CCOc1ccc(/C=N\O[C@H](C)c2cccc([N+](=O)[O-])c2)cc1OC. The standard InChI is InChI=1S/C18H20N2O5/c1-4-24-17-9-8-14(10-18(17)23-3)12-19-25-13(2)15-6-5-7-16(11-15)20(21)22/h5-13H,4H2,1-3H3/b19-12-/t13-/m1/s1. The molecule has 0 amide bonds. The smallest absolute Gasteiger partial charge is 0.269 e. The summed E-state index contributed by atoms with van der Waals surface area (Å²) in [6.07, 6.45) is 1.13. The second-order valence-electron chi connectivity index (χ2n) is 5.18. The van der Waals surface area contributed by atoms with Crippen molar-refractivity contribution in [1.29, 1.82) is 0 Å². The molecule has 0 fully saturated rings. The van der Waals surface area contributed by atoms with Gasteiger partial charge >= 0.3 is 0 Å². The van der Waals surface area contributed by atoms with E-state index in [1.165, 1.54) is 12.1 Å². The molecule has 0 bridgehead atoms. The van der Waals surface area contributed by atoms with E-state index in [0.29, 0.717) is 23.7 Å². The molecule has 0 aliphatic rings. The van der Waals surface area contributed by atoms with E-state index in [4.69, 9.17) is 14.3 Å². The summed E-state index contributed by atoms with van der Waals surface area (Å²) in [6.45, 7) is 4.22. The first kappa shape index (κ1) is 18.3. The Bertz CT molecular complexity index is 761. The van der Waals surface area contributed by atoms with Crippen LogP contribution in [0.4, 0.5) is 5.69 Å². The summed E-state index contributed by atoms with van der Waals surface area (Å²) in [5.74, 6) is 1.27. The molecule has 0 saturated heterocycles. The van der Waals surface area contributed by atoms with Crippen molar-refractivity contribution in [3.8, 4) is 11.5 Å². The van der Waals surface area contributed by atoms with E-state index in [2.05, 4.69) is 5.16 Å². The fourth-order valence-corrected chi connectivity index (χ4v) is 2.17. The van der Waals surface area contributed by atoms with Crippen LogP contribution in [0.3, 0.4) is 0 Å². The Kier molecular flexibility index (Phi) is 6.33. The summed E-state index contributed by atoms with van der Waals surface area (Å²) in [5.41, 5.74) is 1.48. The Morgan fingerprint density at radius 3 is 2.72 bits per heavy atom. The number of oxime groups is 1. The van der Waals surface area contributed by atoms with Crippen LogP contribution in [0.5, 0.6) is 11.5 Å². The largest absolute Gasteiger partial charge is 0.493 e. The molecule has 0 aromatic heterocycles. The molecule has 2 aromatic rings. The van der Waals surface area contributed by atoms with Gasteiger partial charge in [0.2, 0.25) is 0 Å². The van der Waals surface area contributed by atoms with Crippen LogP contribution in [0.2, 0.25) is 0 Å². The average Bonchev–Trinajstić information content (AvgIpc) is 2.63. The number of hydrogen-bond donors (Lipinski definition) is 0. The van der Waals surface area contributed by atoms with Gasteiger partial charge in [0, 0.05) is 23.3 Å². The maximum Gasteiger partial charge on any atom is 0.269 e. The number of nitro groups is 1. The molecule has 1 atom stereocenters. The lowest BCUT2D eigenvalue weighted by Crippen LogP contribution is -1.98. The Morgan fingerprint density at radius 2 is 2.04 bits per heavy atom. The molecule has 0 unspecified atom stereocenters. The fraction of sp³-hybridized carbons (Fsp3) is 0.278. The van der Waals surface area contributed by atoms with Gasteiger partial charge in [-0.3, -0.25) is 10.1 Å². The number of rotatable bonds is 8. The van der Waals surface area contributed by atoms with Crippen molar-refractivity contribution < 1.29 is 19.2 Å². The highest BCUT2D eigenvalue weighted by molar-refractivity contribution is 5.80. The molecule has 0 aliphatic carbocycles. The van der Waals surface area contributed by atoms with Crippen LogP contribution in [0.25, 0.3) is 0 Å². The number of benzene rings is 2. The van der Waals surface area contributed by atoms with Crippen LogP contribution >= 0.6 is 0 Å². The van der Waals surface area contributed by atoms with Crippen LogP contribution in [0.1, 0.15) is 31.1 Å². The third kappa shape index (κ3) is 4.94. The van der Waals surface area contributed by atoms with Crippen molar-refractivity contribution in [2.24, 2.45) is 5.16 Å². The van der Waals surface area contributed by atoms with Crippen LogP contribution in [-0.2, 0) is 4.84 Å². The molecular formula is C18H20N2O5. The minimum Gasteiger partial charge on any atom is -0.493 e. The minimum absolute atomic E-state index is 0.0215. The highest BCUT2D eigenvalue weighted by atomic mass is 16.6. The minimum atomic E-state index is -0.439. The van der Waals surface area contributed by atoms with Crippen molar-refractivity contribution in [2.45, 2.75) is 20.0 Å². The number of nitrogens with zero attached hydrogens (tertiary/aromatic N) is 2. The van der Waals surface area contributed by atoms with Gasteiger partial charge in [-0.1, -0.05) is 17.3 Å². The summed E-state index contributed by atoms with van der Waals surface area (Å²) >= 11 is 0. The van der Waals surface area contributed by atoms with Gasteiger partial charge in [0.1, 0.15) is 6.10 Å². The quantitative estimate of drug-likeness (QED) is 0.409. The highest BCUT2D eigenvalue weighted by Gasteiger charge is 2.11. The van der Waals surface area contributed by atoms with Gasteiger partial charge in [-0.05, 0) is 32.0 Å². The first-order valence-corrected chi connectivity index (χ1v) is 7.79. The molecule has 0 radical (unpaired) electrons. The molecule has 0 heterocycles. The van der Waals surface area contributed by atoms with E-state index in [9.17, 15) is 10.1 Å². The molecule has 7 heteroatoms. The predicted molar refractivity (Wildman–Crippen MR) is 94.4 cm³/mol. The maximum atomic E-state index is 10.8. The Balaban J connectivity index is 2.05. The molecule has 0 saturated carbocycles. The van der Waals surface area contributed by atoms with E-state index in [1.54, 1.807) is 44.5 Å². The van der Waals surface area contributed by atoms with E-state index < -0.39 is 11.0 Å². The summed E-state index contributed by atoms with van der Waals surface area (Å²) in [7, 11) is 1.57. The number of ether oxygens (including phenoxy) is 2. The van der Waals surface area contributed by atoms with Crippen LogP contribution in [0, 0.1) is 10.1 Å². The zero-order valence-corrected chi connectivity index (χ0v) is 14.3. The molecule has 0 aliphatic heterocycles. The summed E-state index contributed by atoms with van der Waals surface area (Å²) in [5, 5.41) is 14.8. The molecule has 2 rings (SSSR count). The van der Waals surface area contributed by atoms with Crippen LogP contribution in [-0.4, -0.2) is 24.9 Å². The zero-order chi connectivity index (χ0) is 18.2. The van der Waals surface area contributed by atoms with Gasteiger partial charge < -0.3 is 14.3 Å². The van der Waals surface area contributed by atoms with Gasteiger partial charge in [0.05, 0.1) is 24.9 Å². The van der Waals surface area contributed by atoms with Crippen molar-refractivity contribution in [3.63, 3.8) is 0 Å². The third-order valence-corrected chi connectivity index (χ3v) is 3.46. The van der Waals surface area contributed by atoms with Gasteiger partial charge in [-0.2, -0.15) is 0 Å². The van der Waals surface area contributed by atoms with Crippen molar-refractivity contribution in [3.05, 3.63) is 63.7 Å². The average molecular weight is 344 g/mol. The molecule has 2 aromatic carbocycles. The molecule has 25 heavy (non-hydrogen) atoms. The van der Waals surface area contributed by atoms with Crippen molar-refractivity contribution in [1.82, 2.24) is 0 Å². The van der Waals surface area contributed by atoms with Crippen molar-refractivity contribution >= 4 is 11.9 Å².